The molecule has 2 aromatic heterocycles. The molecular formula is C23H19FN4O3. The van der Waals surface area contributed by atoms with Crippen molar-refractivity contribution in [1.29, 1.82) is 0 Å². The van der Waals surface area contributed by atoms with Crippen LogP contribution in [0, 0.1) is 12.7 Å². The first-order chi connectivity index (χ1) is 15.0. The number of pyridine rings is 1. The number of aryl methyl sites for hydroxylation is 1. The van der Waals surface area contributed by atoms with Gasteiger partial charge in [0, 0.05) is 18.1 Å². The molecule has 0 aliphatic heterocycles. The molecule has 7 nitrogen and oxygen atoms in total. The van der Waals surface area contributed by atoms with E-state index in [1.165, 1.54) is 18.3 Å². The van der Waals surface area contributed by atoms with Gasteiger partial charge >= 0.3 is 0 Å². The average Bonchev–Trinajstić information content (AvgIpc) is 2.78. The van der Waals surface area contributed by atoms with Crippen LogP contribution in [0.2, 0.25) is 0 Å². The normalized spacial score (nSPS) is 10.8. The molecular weight excluding hydrogens is 399 g/mol. The zero-order valence-electron chi connectivity index (χ0n) is 16.7. The smallest absolute Gasteiger partial charge is 0.275 e. The number of aromatic nitrogens is 3. The SMILES string of the molecule is Cc1nn(CC(=O)NCc2ccc(Oc3cccnc3)c(F)c2)c(=O)c2ccccc12. The third-order valence-electron chi connectivity index (χ3n) is 4.69. The fraction of sp³-hybridized carbons (Fsp3) is 0.130. The number of carbonyl (C=O) groups excluding carboxylic acids is 1. The number of hydrogen-bond acceptors (Lipinski definition) is 5. The molecule has 31 heavy (non-hydrogen) atoms. The van der Waals surface area contributed by atoms with Gasteiger partial charge in [-0.05, 0) is 42.8 Å². The number of benzene rings is 2. The molecule has 0 bridgehead atoms. The van der Waals surface area contributed by atoms with Crippen LogP contribution in [0.4, 0.5) is 4.39 Å². The lowest BCUT2D eigenvalue weighted by molar-refractivity contribution is -0.122. The van der Waals surface area contributed by atoms with Crippen LogP contribution in [0.5, 0.6) is 11.5 Å². The summed E-state index contributed by atoms with van der Waals surface area (Å²) in [6.07, 6.45) is 3.08. The summed E-state index contributed by atoms with van der Waals surface area (Å²) < 4.78 is 20.9. The lowest BCUT2D eigenvalue weighted by atomic mass is 10.1. The Hall–Kier alpha value is -4.07. The standard InChI is InChI=1S/C23H19FN4O3/c1-15-18-6-2-3-7-19(18)23(30)28(27-15)14-22(29)26-12-16-8-9-21(20(24)11-16)31-17-5-4-10-25-13-17/h2-11,13H,12,14H2,1H3,(H,26,29). The number of nitrogens with one attached hydrogen (secondary N) is 1. The lowest BCUT2D eigenvalue weighted by Gasteiger charge is -2.10. The van der Waals surface area contributed by atoms with Crippen molar-refractivity contribution in [3.63, 3.8) is 0 Å². The van der Waals surface area contributed by atoms with Crippen molar-refractivity contribution in [2.24, 2.45) is 0 Å². The number of carbonyl (C=O) groups is 1. The van der Waals surface area contributed by atoms with Crippen molar-refractivity contribution in [2.75, 3.05) is 0 Å². The minimum atomic E-state index is -0.557. The molecule has 0 saturated heterocycles. The summed E-state index contributed by atoms with van der Waals surface area (Å²) >= 11 is 0. The van der Waals surface area contributed by atoms with E-state index < -0.39 is 11.7 Å². The predicted octanol–water partition coefficient (Wildman–Crippen LogP) is 3.35. The molecule has 0 spiro atoms. The summed E-state index contributed by atoms with van der Waals surface area (Å²) in [6.45, 7) is 1.66. The number of hydrogen-bond donors (Lipinski definition) is 1. The third kappa shape index (κ3) is 4.58. The number of nitrogens with zero attached hydrogens (tertiary/aromatic N) is 3. The molecule has 1 amide bonds. The molecule has 0 aliphatic rings. The predicted molar refractivity (Wildman–Crippen MR) is 113 cm³/mol. The Morgan fingerprint density at radius 1 is 1.13 bits per heavy atom. The maximum Gasteiger partial charge on any atom is 0.275 e. The Kier molecular flexibility index (Phi) is 5.70. The number of halogens is 1. The molecule has 0 radical (unpaired) electrons. The summed E-state index contributed by atoms with van der Waals surface area (Å²) in [7, 11) is 0. The maximum atomic E-state index is 14.3. The molecule has 0 aliphatic carbocycles. The topological polar surface area (TPSA) is 86.1 Å². The van der Waals surface area contributed by atoms with Crippen LogP contribution in [0.25, 0.3) is 10.8 Å². The lowest BCUT2D eigenvalue weighted by Crippen LogP contribution is -2.33. The molecule has 0 saturated carbocycles. The summed E-state index contributed by atoms with van der Waals surface area (Å²) in [4.78, 5) is 28.8. The zero-order valence-corrected chi connectivity index (χ0v) is 16.7. The molecule has 0 unspecified atom stereocenters. The van der Waals surface area contributed by atoms with E-state index in [1.54, 1.807) is 43.5 Å². The van der Waals surface area contributed by atoms with Gasteiger partial charge in [-0.2, -0.15) is 5.10 Å². The van der Waals surface area contributed by atoms with Crippen LogP contribution in [0.1, 0.15) is 11.3 Å². The maximum absolute atomic E-state index is 14.3. The van der Waals surface area contributed by atoms with Crippen molar-refractivity contribution in [2.45, 2.75) is 20.0 Å². The Labute approximate surface area is 177 Å². The van der Waals surface area contributed by atoms with Gasteiger partial charge < -0.3 is 10.1 Å². The highest BCUT2D eigenvalue weighted by atomic mass is 19.1. The third-order valence-corrected chi connectivity index (χ3v) is 4.69. The number of rotatable bonds is 6. The van der Waals surface area contributed by atoms with E-state index in [-0.39, 0.29) is 24.4 Å². The summed E-state index contributed by atoms with van der Waals surface area (Å²) in [5.74, 6) is -0.476. The molecule has 2 aromatic carbocycles. The van der Waals surface area contributed by atoms with Crippen molar-refractivity contribution < 1.29 is 13.9 Å². The first kappa shape index (κ1) is 20.2. The molecule has 0 fully saturated rings. The summed E-state index contributed by atoms with van der Waals surface area (Å²) in [6, 6.07) is 14.9. The molecule has 4 aromatic rings. The van der Waals surface area contributed by atoms with Gasteiger partial charge in [0.1, 0.15) is 12.3 Å². The van der Waals surface area contributed by atoms with E-state index in [1.807, 2.05) is 12.1 Å². The molecule has 156 valence electrons. The minimum Gasteiger partial charge on any atom is -0.453 e. The quantitative estimate of drug-likeness (QED) is 0.519. The van der Waals surface area contributed by atoms with Crippen molar-refractivity contribution in [3.8, 4) is 11.5 Å². The van der Waals surface area contributed by atoms with E-state index in [0.29, 0.717) is 22.4 Å². The van der Waals surface area contributed by atoms with Crippen molar-refractivity contribution in [1.82, 2.24) is 20.1 Å². The second kappa shape index (κ2) is 8.74. The second-order valence-corrected chi connectivity index (χ2v) is 6.93. The van der Waals surface area contributed by atoms with Crippen LogP contribution in [0.3, 0.4) is 0 Å². The highest BCUT2D eigenvalue weighted by molar-refractivity contribution is 5.83. The highest BCUT2D eigenvalue weighted by Gasteiger charge is 2.12. The van der Waals surface area contributed by atoms with E-state index in [9.17, 15) is 14.0 Å². The van der Waals surface area contributed by atoms with E-state index in [2.05, 4.69) is 15.4 Å². The van der Waals surface area contributed by atoms with Crippen molar-refractivity contribution >= 4 is 16.7 Å². The van der Waals surface area contributed by atoms with E-state index in [0.717, 1.165) is 10.1 Å². The minimum absolute atomic E-state index is 0.0606. The van der Waals surface area contributed by atoms with Gasteiger partial charge in [-0.1, -0.05) is 24.3 Å². The molecule has 8 heteroatoms. The van der Waals surface area contributed by atoms with Crippen LogP contribution in [-0.2, 0) is 17.9 Å². The van der Waals surface area contributed by atoms with Crippen LogP contribution >= 0.6 is 0 Å². The Bertz CT molecular complexity index is 1310. The number of fused-ring (bicyclic) bond motifs is 1. The van der Waals surface area contributed by atoms with Gasteiger partial charge in [0.15, 0.2) is 11.6 Å². The number of ether oxygens (including phenoxy) is 1. The average molecular weight is 418 g/mol. The molecule has 2 heterocycles. The van der Waals surface area contributed by atoms with Crippen LogP contribution < -0.4 is 15.6 Å². The first-order valence-electron chi connectivity index (χ1n) is 9.61. The van der Waals surface area contributed by atoms with Gasteiger partial charge in [-0.3, -0.25) is 14.6 Å². The summed E-state index contributed by atoms with van der Waals surface area (Å²) in [5, 5.41) is 8.17. The summed E-state index contributed by atoms with van der Waals surface area (Å²) in [5.41, 5.74) is 0.882. The van der Waals surface area contributed by atoms with Gasteiger partial charge in [0.25, 0.3) is 5.56 Å². The van der Waals surface area contributed by atoms with Crippen LogP contribution in [0.15, 0.2) is 71.8 Å². The monoisotopic (exact) mass is 418 g/mol. The fourth-order valence-corrected chi connectivity index (χ4v) is 3.18. The Balaban J connectivity index is 1.41. The van der Waals surface area contributed by atoms with E-state index >= 15 is 0 Å². The van der Waals surface area contributed by atoms with Gasteiger partial charge in [0.2, 0.25) is 5.91 Å². The molecule has 4 rings (SSSR count). The van der Waals surface area contributed by atoms with Gasteiger partial charge in [-0.15, -0.1) is 0 Å². The van der Waals surface area contributed by atoms with Crippen molar-refractivity contribution in [3.05, 3.63) is 94.4 Å². The first-order valence-corrected chi connectivity index (χ1v) is 9.61. The Morgan fingerprint density at radius 3 is 2.68 bits per heavy atom. The fourth-order valence-electron chi connectivity index (χ4n) is 3.18. The zero-order chi connectivity index (χ0) is 21.8. The van der Waals surface area contributed by atoms with Crippen LogP contribution in [-0.4, -0.2) is 20.7 Å². The second-order valence-electron chi connectivity index (χ2n) is 6.93. The van der Waals surface area contributed by atoms with Gasteiger partial charge in [-0.25, -0.2) is 9.07 Å². The Morgan fingerprint density at radius 2 is 1.94 bits per heavy atom. The van der Waals surface area contributed by atoms with E-state index in [4.69, 9.17) is 4.74 Å². The number of amides is 1. The van der Waals surface area contributed by atoms with Gasteiger partial charge in [0.05, 0.1) is 17.3 Å². The molecule has 0 atom stereocenters. The molecule has 1 N–H and O–H groups in total. The largest absolute Gasteiger partial charge is 0.453 e. The highest BCUT2D eigenvalue weighted by Crippen LogP contribution is 2.24.